The quantitative estimate of drug-likeness (QED) is 0.706. The van der Waals surface area contributed by atoms with Crippen molar-refractivity contribution in [1.82, 2.24) is 19.7 Å². The monoisotopic (exact) mass is 357 g/mol. The Kier molecular flexibility index (Phi) is 5.13. The summed E-state index contributed by atoms with van der Waals surface area (Å²) >= 11 is 0. The molecule has 7 nitrogen and oxygen atoms in total. The number of aromatic nitrogens is 4. The second kappa shape index (κ2) is 7.49. The van der Waals surface area contributed by atoms with Crippen molar-refractivity contribution >= 4 is 11.6 Å². The van der Waals surface area contributed by atoms with E-state index in [1.807, 2.05) is 14.0 Å². The van der Waals surface area contributed by atoms with Crippen LogP contribution >= 0.6 is 0 Å². The lowest BCUT2D eigenvalue weighted by Crippen LogP contribution is -2.13. The first-order valence-electron chi connectivity index (χ1n) is 8.12. The van der Waals surface area contributed by atoms with Gasteiger partial charge >= 0.3 is 0 Å². The standard InChI is InChI=1S/C18H20FN5O2/c1-11-7-20-18(22-14-8-21-24(3)9-14)23-17(11)13-4-5-16(15(19)6-13)26-10-12(2)25/h4-9,12,25H,10H2,1-3H3,(H,20,22,23). The highest BCUT2D eigenvalue weighted by atomic mass is 19.1. The van der Waals surface area contributed by atoms with Gasteiger partial charge in [-0.2, -0.15) is 5.10 Å². The Morgan fingerprint density at radius 1 is 1.35 bits per heavy atom. The lowest BCUT2D eigenvalue weighted by atomic mass is 10.1. The van der Waals surface area contributed by atoms with Crippen molar-refractivity contribution in [3.63, 3.8) is 0 Å². The van der Waals surface area contributed by atoms with Crippen LogP contribution in [0.4, 0.5) is 16.0 Å². The molecule has 0 saturated heterocycles. The molecular formula is C18H20FN5O2. The predicted molar refractivity (Wildman–Crippen MR) is 95.8 cm³/mol. The Balaban J connectivity index is 1.86. The van der Waals surface area contributed by atoms with Gasteiger partial charge in [0, 0.05) is 25.0 Å². The molecule has 0 saturated carbocycles. The minimum Gasteiger partial charge on any atom is -0.488 e. The normalized spacial score (nSPS) is 12.0. The molecule has 26 heavy (non-hydrogen) atoms. The summed E-state index contributed by atoms with van der Waals surface area (Å²) in [6, 6.07) is 4.62. The van der Waals surface area contributed by atoms with Crippen LogP contribution in [0.3, 0.4) is 0 Å². The molecule has 2 aromatic heterocycles. The van der Waals surface area contributed by atoms with E-state index in [0.29, 0.717) is 17.2 Å². The molecule has 0 spiro atoms. The van der Waals surface area contributed by atoms with E-state index < -0.39 is 11.9 Å². The van der Waals surface area contributed by atoms with Gasteiger partial charge in [-0.15, -0.1) is 0 Å². The van der Waals surface area contributed by atoms with Gasteiger partial charge in [0.25, 0.3) is 0 Å². The van der Waals surface area contributed by atoms with Crippen LogP contribution in [0.25, 0.3) is 11.3 Å². The van der Waals surface area contributed by atoms with Crippen molar-refractivity contribution < 1.29 is 14.2 Å². The average Bonchev–Trinajstić information content (AvgIpc) is 3.00. The van der Waals surface area contributed by atoms with Crippen LogP contribution in [-0.4, -0.2) is 37.6 Å². The topological polar surface area (TPSA) is 85.1 Å². The van der Waals surface area contributed by atoms with E-state index in [-0.39, 0.29) is 12.4 Å². The van der Waals surface area contributed by atoms with Crippen molar-refractivity contribution in [2.45, 2.75) is 20.0 Å². The molecule has 3 aromatic rings. The van der Waals surface area contributed by atoms with Crippen molar-refractivity contribution in [2.75, 3.05) is 11.9 Å². The third-order valence-corrected chi connectivity index (χ3v) is 3.62. The summed E-state index contributed by atoms with van der Waals surface area (Å²) in [7, 11) is 1.82. The fourth-order valence-corrected chi connectivity index (χ4v) is 2.38. The first kappa shape index (κ1) is 17.8. The Bertz CT molecular complexity index is 910. The van der Waals surface area contributed by atoms with Gasteiger partial charge in [0.2, 0.25) is 5.95 Å². The molecule has 0 aliphatic heterocycles. The van der Waals surface area contributed by atoms with Gasteiger partial charge in [0.1, 0.15) is 6.61 Å². The van der Waals surface area contributed by atoms with Gasteiger partial charge in [-0.3, -0.25) is 4.68 Å². The van der Waals surface area contributed by atoms with Crippen LogP contribution in [0.1, 0.15) is 12.5 Å². The van der Waals surface area contributed by atoms with E-state index in [1.165, 1.54) is 12.1 Å². The molecular weight excluding hydrogens is 337 g/mol. The summed E-state index contributed by atoms with van der Waals surface area (Å²) in [4.78, 5) is 8.74. The van der Waals surface area contributed by atoms with Crippen LogP contribution in [0.2, 0.25) is 0 Å². The molecule has 8 heteroatoms. The fourth-order valence-electron chi connectivity index (χ4n) is 2.38. The Morgan fingerprint density at radius 3 is 2.81 bits per heavy atom. The molecule has 0 aliphatic carbocycles. The first-order chi connectivity index (χ1) is 12.4. The first-order valence-corrected chi connectivity index (χ1v) is 8.12. The zero-order valence-corrected chi connectivity index (χ0v) is 14.8. The largest absolute Gasteiger partial charge is 0.488 e. The van der Waals surface area contributed by atoms with Crippen LogP contribution in [0.15, 0.2) is 36.8 Å². The van der Waals surface area contributed by atoms with E-state index in [0.717, 1.165) is 11.3 Å². The predicted octanol–water partition coefficient (Wildman–Crippen LogP) is 2.83. The smallest absolute Gasteiger partial charge is 0.227 e. The molecule has 0 radical (unpaired) electrons. The van der Waals surface area contributed by atoms with Gasteiger partial charge in [-0.1, -0.05) is 0 Å². The molecule has 0 aliphatic rings. The van der Waals surface area contributed by atoms with Crippen molar-refractivity contribution in [2.24, 2.45) is 7.05 Å². The lowest BCUT2D eigenvalue weighted by Gasteiger charge is -2.11. The number of hydrogen-bond acceptors (Lipinski definition) is 6. The van der Waals surface area contributed by atoms with Crippen molar-refractivity contribution in [3.8, 4) is 17.0 Å². The van der Waals surface area contributed by atoms with E-state index in [2.05, 4.69) is 20.4 Å². The fraction of sp³-hybridized carbons (Fsp3) is 0.278. The second-order valence-corrected chi connectivity index (χ2v) is 6.06. The third-order valence-electron chi connectivity index (χ3n) is 3.62. The number of nitrogens with one attached hydrogen (secondary N) is 1. The maximum absolute atomic E-state index is 14.3. The number of aliphatic hydroxyl groups is 1. The third kappa shape index (κ3) is 4.15. The summed E-state index contributed by atoms with van der Waals surface area (Å²) < 4.78 is 21.2. The molecule has 3 rings (SSSR count). The number of rotatable bonds is 6. The molecule has 1 atom stereocenters. The molecule has 1 aromatic carbocycles. The summed E-state index contributed by atoms with van der Waals surface area (Å²) in [5.74, 6) is -0.0218. The SMILES string of the molecule is Cc1cnc(Nc2cnn(C)c2)nc1-c1ccc(OCC(C)O)c(F)c1. The van der Waals surface area contributed by atoms with Gasteiger partial charge in [0.15, 0.2) is 11.6 Å². The molecule has 136 valence electrons. The highest BCUT2D eigenvalue weighted by Gasteiger charge is 2.12. The molecule has 0 bridgehead atoms. The Hall–Kier alpha value is -3.00. The summed E-state index contributed by atoms with van der Waals surface area (Å²) in [5.41, 5.74) is 2.81. The Labute approximate surface area is 150 Å². The van der Waals surface area contributed by atoms with Crippen LogP contribution in [-0.2, 0) is 7.05 Å². The second-order valence-electron chi connectivity index (χ2n) is 6.06. The lowest BCUT2D eigenvalue weighted by molar-refractivity contribution is 0.120. The number of aliphatic hydroxyl groups excluding tert-OH is 1. The van der Waals surface area contributed by atoms with Crippen molar-refractivity contribution in [3.05, 3.63) is 48.2 Å². The molecule has 2 heterocycles. The van der Waals surface area contributed by atoms with Gasteiger partial charge in [-0.25, -0.2) is 14.4 Å². The number of benzene rings is 1. The number of nitrogens with zero attached hydrogens (tertiary/aromatic N) is 4. The van der Waals surface area contributed by atoms with E-state index in [1.54, 1.807) is 36.3 Å². The molecule has 0 fully saturated rings. The minimum absolute atomic E-state index is 0.0297. The highest BCUT2D eigenvalue weighted by Crippen LogP contribution is 2.27. The Morgan fingerprint density at radius 2 is 2.15 bits per heavy atom. The van der Waals surface area contributed by atoms with Crippen molar-refractivity contribution in [1.29, 1.82) is 0 Å². The number of ether oxygens (including phenoxy) is 1. The number of aryl methyl sites for hydroxylation is 2. The molecule has 2 N–H and O–H groups in total. The van der Waals surface area contributed by atoms with E-state index >= 15 is 0 Å². The van der Waals surface area contributed by atoms with Gasteiger partial charge in [0.05, 0.1) is 23.7 Å². The van der Waals surface area contributed by atoms with Crippen LogP contribution in [0, 0.1) is 12.7 Å². The van der Waals surface area contributed by atoms with Crippen LogP contribution in [0.5, 0.6) is 5.75 Å². The minimum atomic E-state index is -0.667. The molecule has 1 unspecified atom stereocenters. The van der Waals surface area contributed by atoms with E-state index in [9.17, 15) is 9.50 Å². The summed E-state index contributed by atoms with van der Waals surface area (Å²) in [6.07, 6.45) is 4.48. The van der Waals surface area contributed by atoms with Gasteiger partial charge < -0.3 is 15.2 Å². The van der Waals surface area contributed by atoms with Crippen LogP contribution < -0.4 is 10.1 Å². The molecule has 0 amide bonds. The maximum Gasteiger partial charge on any atom is 0.227 e. The average molecular weight is 357 g/mol. The number of hydrogen-bond donors (Lipinski definition) is 2. The van der Waals surface area contributed by atoms with E-state index in [4.69, 9.17) is 4.74 Å². The van der Waals surface area contributed by atoms with Gasteiger partial charge in [-0.05, 0) is 37.6 Å². The number of anilines is 2. The zero-order chi connectivity index (χ0) is 18.7. The number of halogens is 1. The summed E-state index contributed by atoms with van der Waals surface area (Å²) in [6.45, 7) is 3.47. The maximum atomic E-state index is 14.3. The summed E-state index contributed by atoms with van der Waals surface area (Å²) in [5, 5.41) is 16.4. The highest BCUT2D eigenvalue weighted by molar-refractivity contribution is 5.65. The zero-order valence-electron chi connectivity index (χ0n) is 14.8.